The predicted molar refractivity (Wildman–Crippen MR) is 63.0 cm³/mol. The normalized spacial score (nSPS) is 16.4. The van der Waals surface area contributed by atoms with E-state index in [1.807, 2.05) is 4.68 Å². The van der Waals surface area contributed by atoms with Gasteiger partial charge in [0.25, 0.3) is 0 Å². The maximum absolute atomic E-state index is 4.18. The summed E-state index contributed by atoms with van der Waals surface area (Å²) >= 11 is 2.30. The van der Waals surface area contributed by atoms with Crippen molar-refractivity contribution in [2.24, 2.45) is 5.92 Å². The lowest BCUT2D eigenvalue weighted by atomic mass is 10.3. The van der Waals surface area contributed by atoms with Crippen molar-refractivity contribution in [3.8, 4) is 0 Å². The summed E-state index contributed by atoms with van der Waals surface area (Å²) in [5.74, 6) is 0.846. The average molecular weight is 299 g/mol. The fourth-order valence-electron chi connectivity index (χ4n) is 1.63. The van der Waals surface area contributed by atoms with Gasteiger partial charge in [-0.25, -0.2) is 4.68 Å². The highest BCUT2D eigenvalue weighted by molar-refractivity contribution is 14.1. The van der Waals surface area contributed by atoms with E-state index in [1.165, 1.54) is 16.4 Å². The minimum atomic E-state index is 0.846. The van der Waals surface area contributed by atoms with Crippen LogP contribution in [0.5, 0.6) is 0 Å². The van der Waals surface area contributed by atoms with Crippen LogP contribution in [0.3, 0.4) is 0 Å². The molecule has 0 amide bonds. The molecule has 1 fully saturated rings. The number of hydrogen-bond donors (Lipinski definition) is 0. The summed E-state index contributed by atoms with van der Waals surface area (Å²) in [6, 6.07) is 6.29. The average Bonchev–Trinajstić information content (AvgIpc) is 2.89. The zero-order chi connectivity index (χ0) is 9.54. The Labute approximate surface area is 95.6 Å². The Balaban J connectivity index is 2.06. The second kappa shape index (κ2) is 3.18. The first-order chi connectivity index (χ1) is 6.83. The quantitative estimate of drug-likeness (QED) is 0.798. The minimum Gasteiger partial charge on any atom is -0.244 e. The first kappa shape index (κ1) is 8.64. The molecule has 1 heterocycles. The van der Waals surface area contributed by atoms with Gasteiger partial charge in [0.1, 0.15) is 5.52 Å². The molecule has 1 saturated carbocycles. The van der Waals surface area contributed by atoms with Gasteiger partial charge in [-0.15, -0.1) is 5.10 Å². The third kappa shape index (κ3) is 1.51. The molecule has 1 aliphatic carbocycles. The van der Waals surface area contributed by atoms with Gasteiger partial charge in [0.15, 0.2) is 0 Å². The van der Waals surface area contributed by atoms with Gasteiger partial charge in [-0.3, -0.25) is 0 Å². The largest absolute Gasteiger partial charge is 0.244 e. The lowest BCUT2D eigenvalue weighted by Gasteiger charge is -1.99. The van der Waals surface area contributed by atoms with Crippen molar-refractivity contribution in [3.63, 3.8) is 0 Å². The molecule has 1 aromatic heterocycles. The van der Waals surface area contributed by atoms with Crippen molar-refractivity contribution >= 4 is 33.6 Å². The van der Waals surface area contributed by atoms with Crippen LogP contribution in [0, 0.1) is 9.49 Å². The van der Waals surface area contributed by atoms with Gasteiger partial charge < -0.3 is 0 Å². The molecule has 0 N–H and O–H groups in total. The van der Waals surface area contributed by atoms with Gasteiger partial charge in [-0.05, 0) is 59.5 Å². The monoisotopic (exact) mass is 299 g/mol. The molecule has 0 atom stereocenters. The van der Waals surface area contributed by atoms with Crippen molar-refractivity contribution in [3.05, 3.63) is 21.8 Å². The van der Waals surface area contributed by atoms with Crippen LogP contribution in [-0.4, -0.2) is 15.0 Å². The molecule has 4 heteroatoms. The standard InChI is InChI=1S/C10H10IN3/c11-8-3-4-10-9(5-8)12-13-14(10)6-7-1-2-7/h3-5,7H,1-2,6H2. The number of benzene rings is 1. The number of hydrogen-bond acceptors (Lipinski definition) is 2. The number of fused-ring (bicyclic) bond motifs is 1. The molecule has 0 bridgehead atoms. The second-order valence-electron chi connectivity index (χ2n) is 3.85. The Morgan fingerprint density at radius 3 is 3.07 bits per heavy atom. The van der Waals surface area contributed by atoms with Crippen LogP contribution in [0.2, 0.25) is 0 Å². The summed E-state index contributed by atoms with van der Waals surface area (Å²) in [6.07, 6.45) is 2.71. The zero-order valence-corrected chi connectivity index (χ0v) is 9.81. The smallest absolute Gasteiger partial charge is 0.114 e. The van der Waals surface area contributed by atoms with E-state index < -0.39 is 0 Å². The van der Waals surface area contributed by atoms with Crippen molar-refractivity contribution in [1.29, 1.82) is 0 Å². The van der Waals surface area contributed by atoms with Crippen LogP contribution in [-0.2, 0) is 6.54 Å². The molecule has 0 aliphatic heterocycles. The maximum atomic E-state index is 4.18. The van der Waals surface area contributed by atoms with Gasteiger partial charge in [0.05, 0.1) is 5.52 Å². The highest BCUT2D eigenvalue weighted by atomic mass is 127. The van der Waals surface area contributed by atoms with Crippen LogP contribution in [0.1, 0.15) is 12.8 Å². The first-order valence-electron chi connectivity index (χ1n) is 4.82. The van der Waals surface area contributed by atoms with Crippen LogP contribution in [0.4, 0.5) is 0 Å². The first-order valence-corrected chi connectivity index (χ1v) is 5.89. The zero-order valence-electron chi connectivity index (χ0n) is 7.65. The summed E-state index contributed by atoms with van der Waals surface area (Å²) < 4.78 is 3.25. The van der Waals surface area contributed by atoms with Crippen LogP contribution in [0.25, 0.3) is 11.0 Å². The fraction of sp³-hybridized carbons (Fsp3) is 0.400. The predicted octanol–water partition coefficient (Wildman–Crippen LogP) is 2.45. The van der Waals surface area contributed by atoms with Gasteiger partial charge in [-0.2, -0.15) is 0 Å². The van der Waals surface area contributed by atoms with E-state index in [0.29, 0.717) is 0 Å². The van der Waals surface area contributed by atoms with Crippen molar-refractivity contribution in [2.45, 2.75) is 19.4 Å². The molecule has 0 unspecified atom stereocenters. The van der Waals surface area contributed by atoms with Crippen molar-refractivity contribution < 1.29 is 0 Å². The van der Waals surface area contributed by atoms with E-state index in [2.05, 4.69) is 51.1 Å². The van der Waals surface area contributed by atoms with Crippen LogP contribution in [0.15, 0.2) is 18.2 Å². The molecule has 2 aromatic rings. The number of aromatic nitrogens is 3. The lowest BCUT2D eigenvalue weighted by Crippen LogP contribution is -2.01. The SMILES string of the molecule is Ic1ccc2c(c1)nnn2CC1CC1. The Morgan fingerprint density at radius 1 is 1.43 bits per heavy atom. The maximum Gasteiger partial charge on any atom is 0.114 e. The Hall–Kier alpha value is -0.650. The van der Waals surface area contributed by atoms with Gasteiger partial charge >= 0.3 is 0 Å². The fourth-order valence-corrected chi connectivity index (χ4v) is 2.10. The summed E-state index contributed by atoms with van der Waals surface area (Å²) in [4.78, 5) is 0. The van der Waals surface area contributed by atoms with Crippen LogP contribution >= 0.6 is 22.6 Å². The summed E-state index contributed by atoms with van der Waals surface area (Å²) in [5.41, 5.74) is 2.18. The molecule has 3 nitrogen and oxygen atoms in total. The van der Waals surface area contributed by atoms with E-state index in [0.717, 1.165) is 23.5 Å². The van der Waals surface area contributed by atoms with Crippen molar-refractivity contribution in [1.82, 2.24) is 15.0 Å². The molecular formula is C10H10IN3. The topological polar surface area (TPSA) is 30.7 Å². The Morgan fingerprint density at radius 2 is 2.29 bits per heavy atom. The van der Waals surface area contributed by atoms with Gasteiger partial charge in [0, 0.05) is 10.1 Å². The van der Waals surface area contributed by atoms with E-state index in [-0.39, 0.29) is 0 Å². The van der Waals surface area contributed by atoms with E-state index in [4.69, 9.17) is 0 Å². The Kier molecular flexibility index (Phi) is 1.97. The third-order valence-electron chi connectivity index (χ3n) is 2.60. The molecule has 14 heavy (non-hydrogen) atoms. The van der Waals surface area contributed by atoms with E-state index in [9.17, 15) is 0 Å². The lowest BCUT2D eigenvalue weighted by molar-refractivity contribution is 0.559. The molecule has 1 aliphatic rings. The van der Waals surface area contributed by atoms with Crippen LogP contribution < -0.4 is 0 Å². The Bertz CT molecular complexity index is 473. The molecule has 0 spiro atoms. The highest BCUT2D eigenvalue weighted by Crippen LogP contribution is 2.31. The third-order valence-corrected chi connectivity index (χ3v) is 3.28. The summed E-state index contributed by atoms with van der Waals surface area (Å²) in [7, 11) is 0. The minimum absolute atomic E-state index is 0.846. The van der Waals surface area contributed by atoms with Gasteiger partial charge in [-0.1, -0.05) is 5.21 Å². The molecule has 1 aromatic carbocycles. The molecule has 3 rings (SSSR count). The molecule has 72 valence electrons. The van der Waals surface area contributed by atoms with Crippen molar-refractivity contribution in [2.75, 3.05) is 0 Å². The number of rotatable bonds is 2. The molecule has 0 saturated heterocycles. The molecular weight excluding hydrogens is 289 g/mol. The number of halogens is 1. The summed E-state index contributed by atoms with van der Waals surface area (Å²) in [5, 5.41) is 8.35. The van der Waals surface area contributed by atoms with E-state index >= 15 is 0 Å². The highest BCUT2D eigenvalue weighted by Gasteiger charge is 2.22. The summed E-state index contributed by atoms with van der Waals surface area (Å²) in [6.45, 7) is 1.04. The molecule has 0 radical (unpaired) electrons. The second-order valence-corrected chi connectivity index (χ2v) is 5.09. The number of nitrogens with zero attached hydrogens (tertiary/aromatic N) is 3. The van der Waals surface area contributed by atoms with Gasteiger partial charge in [0.2, 0.25) is 0 Å². The van der Waals surface area contributed by atoms with E-state index in [1.54, 1.807) is 0 Å².